The second-order valence-corrected chi connectivity index (χ2v) is 8.49. The smallest absolute Gasteiger partial charge is 0.277 e. The van der Waals surface area contributed by atoms with E-state index in [2.05, 4.69) is 15.3 Å². The van der Waals surface area contributed by atoms with Gasteiger partial charge in [0, 0.05) is 16.2 Å². The molecular formula is C24H17ClN4O2S. The van der Waals surface area contributed by atoms with E-state index in [0.29, 0.717) is 39.0 Å². The molecule has 32 heavy (non-hydrogen) atoms. The van der Waals surface area contributed by atoms with Crippen LogP contribution in [-0.2, 0) is 12.3 Å². The number of thioether (sulfide) groups is 1. The highest BCUT2D eigenvalue weighted by atomic mass is 35.5. The van der Waals surface area contributed by atoms with Crippen molar-refractivity contribution in [2.75, 3.05) is 0 Å². The Bertz CT molecular complexity index is 1430. The summed E-state index contributed by atoms with van der Waals surface area (Å²) < 4.78 is 7.35. The van der Waals surface area contributed by atoms with Gasteiger partial charge in [-0.15, -0.1) is 10.2 Å². The molecule has 0 aliphatic heterocycles. The molecule has 5 aromatic rings. The van der Waals surface area contributed by atoms with Gasteiger partial charge in [0.1, 0.15) is 0 Å². The van der Waals surface area contributed by atoms with Crippen LogP contribution in [-0.4, -0.2) is 20.0 Å². The summed E-state index contributed by atoms with van der Waals surface area (Å²) in [7, 11) is 0. The van der Waals surface area contributed by atoms with Gasteiger partial charge in [0.2, 0.25) is 0 Å². The summed E-state index contributed by atoms with van der Waals surface area (Å²) in [5.74, 6) is 0.946. The highest BCUT2D eigenvalue weighted by Gasteiger charge is 2.18. The summed E-state index contributed by atoms with van der Waals surface area (Å²) in [4.78, 5) is 13.0. The standard InChI is InChI=1S/C24H17ClN4O2S/c25-18-12-10-17(11-13-18)15-32-24-27-26-22(31-24)21-19-8-4-5-9-20(19)23(30)29(28-21)14-16-6-2-1-3-7-16/h1-13H,14-15H2. The topological polar surface area (TPSA) is 73.8 Å². The Labute approximate surface area is 192 Å². The minimum Gasteiger partial charge on any atom is -0.409 e. The van der Waals surface area contributed by atoms with Crippen LogP contribution in [0, 0.1) is 0 Å². The van der Waals surface area contributed by atoms with Crippen molar-refractivity contribution >= 4 is 34.1 Å². The number of hydrogen-bond acceptors (Lipinski definition) is 6. The Morgan fingerprint density at radius 3 is 2.34 bits per heavy atom. The second-order valence-electron chi connectivity index (χ2n) is 7.13. The third-order valence-electron chi connectivity index (χ3n) is 4.93. The van der Waals surface area contributed by atoms with Crippen molar-refractivity contribution in [3.05, 3.63) is 105 Å². The summed E-state index contributed by atoms with van der Waals surface area (Å²) in [5, 5.41) is 15.3. The van der Waals surface area contributed by atoms with Crippen molar-refractivity contribution in [2.24, 2.45) is 0 Å². The molecule has 0 fully saturated rings. The highest BCUT2D eigenvalue weighted by molar-refractivity contribution is 7.98. The van der Waals surface area contributed by atoms with Gasteiger partial charge in [-0.2, -0.15) is 5.10 Å². The molecule has 0 saturated carbocycles. The van der Waals surface area contributed by atoms with E-state index < -0.39 is 0 Å². The maximum atomic E-state index is 13.0. The first-order valence-electron chi connectivity index (χ1n) is 9.92. The minimum atomic E-state index is -0.162. The number of fused-ring (bicyclic) bond motifs is 1. The molecule has 0 N–H and O–H groups in total. The fourth-order valence-electron chi connectivity index (χ4n) is 3.35. The second kappa shape index (κ2) is 8.98. The van der Waals surface area contributed by atoms with E-state index in [1.54, 1.807) is 6.07 Å². The molecule has 8 heteroatoms. The molecule has 0 aliphatic rings. The van der Waals surface area contributed by atoms with Gasteiger partial charge in [-0.05, 0) is 29.3 Å². The lowest BCUT2D eigenvalue weighted by Crippen LogP contribution is -2.24. The van der Waals surface area contributed by atoms with Crippen molar-refractivity contribution in [1.29, 1.82) is 0 Å². The highest BCUT2D eigenvalue weighted by Crippen LogP contribution is 2.28. The molecule has 2 aromatic heterocycles. The normalized spacial score (nSPS) is 11.2. The van der Waals surface area contributed by atoms with E-state index in [0.717, 1.165) is 11.1 Å². The molecule has 0 spiro atoms. The molecule has 3 aromatic carbocycles. The number of nitrogens with zero attached hydrogens (tertiary/aromatic N) is 4. The summed E-state index contributed by atoms with van der Waals surface area (Å²) in [6.45, 7) is 0.351. The monoisotopic (exact) mass is 460 g/mol. The van der Waals surface area contributed by atoms with Crippen LogP contribution in [0.2, 0.25) is 5.02 Å². The van der Waals surface area contributed by atoms with Crippen LogP contribution in [0.3, 0.4) is 0 Å². The van der Waals surface area contributed by atoms with Crippen LogP contribution in [0.1, 0.15) is 11.1 Å². The molecule has 0 saturated heterocycles. The lowest BCUT2D eigenvalue weighted by molar-refractivity contribution is 0.462. The summed E-state index contributed by atoms with van der Waals surface area (Å²) in [5.41, 5.74) is 2.40. The summed E-state index contributed by atoms with van der Waals surface area (Å²) in [6, 6.07) is 24.7. The van der Waals surface area contributed by atoms with Crippen LogP contribution in [0.25, 0.3) is 22.4 Å². The average molecular weight is 461 g/mol. The third kappa shape index (κ3) is 4.30. The molecule has 158 valence electrons. The van der Waals surface area contributed by atoms with E-state index in [1.807, 2.05) is 72.8 Å². The van der Waals surface area contributed by atoms with Crippen LogP contribution in [0.5, 0.6) is 0 Å². The fraction of sp³-hybridized carbons (Fsp3) is 0.0833. The van der Waals surface area contributed by atoms with Crippen molar-refractivity contribution in [3.8, 4) is 11.6 Å². The molecule has 0 bridgehead atoms. The van der Waals surface area contributed by atoms with Gasteiger partial charge < -0.3 is 4.42 Å². The predicted octanol–water partition coefficient (Wildman–Crippen LogP) is 5.44. The van der Waals surface area contributed by atoms with Crippen LogP contribution in [0.4, 0.5) is 0 Å². The van der Waals surface area contributed by atoms with Gasteiger partial charge in [-0.3, -0.25) is 4.79 Å². The molecule has 2 heterocycles. The zero-order chi connectivity index (χ0) is 21.9. The number of benzene rings is 3. The number of hydrogen-bond donors (Lipinski definition) is 0. The molecule has 0 aliphatic carbocycles. The SMILES string of the molecule is O=c1c2ccccc2c(-c2nnc(SCc3ccc(Cl)cc3)o2)nn1Cc1ccccc1. The van der Waals surface area contributed by atoms with Crippen molar-refractivity contribution in [1.82, 2.24) is 20.0 Å². The number of aromatic nitrogens is 4. The molecule has 6 nitrogen and oxygen atoms in total. The van der Waals surface area contributed by atoms with Gasteiger partial charge in [-0.25, -0.2) is 4.68 Å². The molecular weight excluding hydrogens is 444 g/mol. The molecule has 0 atom stereocenters. The zero-order valence-corrected chi connectivity index (χ0v) is 18.4. The quantitative estimate of drug-likeness (QED) is 0.314. The molecule has 5 rings (SSSR count). The largest absolute Gasteiger partial charge is 0.409 e. The van der Waals surface area contributed by atoms with Gasteiger partial charge in [0.25, 0.3) is 16.7 Å². The van der Waals surface area contributed by atoms with E-state index >= 15 is 0 Å². The lowest BCUT2D eigenvalue weighted by atomic mass is 10.1. The Hall–Kier alpha value is -3.42. The summed E-state index contributed by atoms with van der Waals surface area (Å²) in [6.07, 6.45) is 0. The predicted molar refractivity (Wildman–Crippen MR) is 126 cm³/mol. The maximum Gasteiger partial charge on any atom is 0.277 e. The molecule has 0 radical (unpaired) electrons. The Kier molecular flexibility index (Phi) is 5.75. The van der Waals surface area contributed by atoms with E-state index in [-0.39, 0.29) is 11.4 Å². The number of rotatable bonds is 6. The van der Waals surface area contributed by atoms with E-state index in [4.69, 9.17) is 16.0 Å². The Morgan fingerprint density at radius 1 is 0.844 bits per heavy atom. The fourth-order valence-corrected chi connectivity index (χ4v) is 4.19. The third-order valence-corrected chi connectivity index (χ3v) is 6.07. The van der Waals surface area contributed by atoms with Crippen molar-refractivity contribution in [2.45, 2.75) is 17.5 Å². The Morgan fingerprint density at radius 2 is 1.56 bits per heavy atom. The maximum absolute atomic E-state index is 13.0. The molecule has 0 amide bonds. The van der Waals surface area contributed by atoms with Crippen molar-refractivity contribution in [3.63, 3.8) is 0 Å². The van der Waals surface area contributed by atoms with E-state index in [1.165, 1.54) is 16.4 Å². The first-order chi connectivity index (χ1) is 15.7. The number of halogens is 1. The van der Waals surface area contributed by atoms with Gasteiger partial charge in [0.15, 0.2) is 5.69 Å². The molecule has 0 unspecified atom stereocenters. The van der Waals surface area contributed by atoms with Crippen LogP contribution < -0.4 is 5.56 Å². The average Bonchev–Trinajstić information content (AvgIpc) is 3.30. The van der Waals surface area contributed by atoms with Crippen LogP contribution in [0.15, 0.2) is 93.3 Å². The van der Waals surface area contributed by atoms with Gasteiger partial charge >= 0.3 is 0 Å². The minimum absolute atomic E-state index is 0.162. The lowest BCUT2D eigenvalue weighted by Gasteiger charge is -2.09. The first kappa shape index (κ1) is 20.5. The van der Waals surface area contributed by atoms with Gasteiger partial charge in [0.05, 0.1) is 11.9 Å². The van der Waals surface area contributed by atoms with Crippen molar-refractivity contribution < 1.29 is 4.42 Å². The van der Waals surface area contributed by atoms with Gasteiger partial charge in [-0.1, -0.05) is 84.0 Å². The Balaban J connectivity index is 1.49. The first-order valence-corrected chi connectivity index (χ1v) is 11.3. The van der Waals surface area contributed by atoms with E-state index in [9.17, 15) is 4.79 Å². The summed E-state index contributed by atoms with van der Waals surface area (Å²) >= 11 is 7.37. The van der Waals surface area contributed by atoms with Crippen LogP contribution >= 0.6 is 23.4 Å². The zero-order valence-electron chi connectivity index (χ0n) is 16.8.